The van der Waals surface area contributed by atoms with Gasteiger partial charge in [-0.15, -0.1) is 0 Å². The summed E-state index contributed by atoms with van der Waals surface area (Å²) in [5, 5.41) is 2.77. The Morgan fingerprint density at radius 3 is 2.42 bits per heavy atom. The van der Waals surface area contributed by atoms with Gasteiger partial charge in [-0.25, -0.2) is 4.79 Å². The summed E-state index contributed by atoms with van der Waals surface area (Å²) in [6, 6.07) is 17.1. The van der Waals surface area contributed by atoms with Crippen molar-refractivity contribution in [2.24, 2.45) is 0 Å². The van der Waals surface area contributed by atoms with Crippen LogP contribution in [0.4, 0.5) is 0 Å². The predicted molar refractivity (Wildman–Crippen MR) is 101 cm³/mol. The molecule has 26 heavy (non-hydrogen) atoms. The first-order chi connectivity index (χ1) is 12.6. The Bertz CT molecular complexity index is 738. The van der Waals surface area contributed by atoms with Crippen molar-refractivity contribution in [1.29, 1.82) is 0 Å². The third-order valence-corrected chi connectivity index (χ3v) is 3.75. The van der Waals surface area contributed by atoms with E-state index in [0.29, 0.717) is 6.54 Å². The summed E-state index contributed by atoms with van der Waals surface area (Å²) in [5.74, 6) is -0.135. The lowest BCUT2D eigenvalue weighted by Crippen LogP contribution is -2.36. The Balaban J connectivity index is 1.74. The zero-order chi connectivity index (χ0) is 18.8. The van der Waals surface area contributed by atoms with Gasteiger partial charge in [-0.1, -0.05) is 42.5 Å². The summed E-state index contributed by atoms with van der Waals surface area (Å²) in [4.78, 5) is 23.8. The quantitative estimate of drug-likeness (QED) is 0.585. The molecule has 0 spiro atoms. The molecule has 5 heteroatoms. The molecule has 0 aromatic heterocycles. The number of benzene rings is 2. The van der Waals surface area contributed by atoms with Gasteiger partial charge in [0.15, 0.2) is 6.10 Å². The molecule has 0 heterocycles. The first-order valence-corrected chi connectivity index (χ1v) is 8.43. The van der Waals surface area contributed by atoms with Crippen LogP contribution in [0.25, 0.3) is 6.08 Å². The molecule has 1 N–H and O–H groups in total. The van der Waals surface area contributed by atoms with Crippen LogP contribution >= 0.6 is 0 Å². The third kappa shape index (κ3) is 6.43. The zero-order valence-electron chi connectivity index (χ0n) is 15.0. The van der Waals surface area contributed by atoms with E-state index in [-0.39, 0.29) is 5.91 Å². The first kappa shape index (κ1) is 19.2. The van der Waals surface area contributed by atoms with Crippen LogP contribution < -0.4 is 10.1 Å². The van der Waals surface area contributed by atoms with Crippen LogP contribution in [-0.2, 0) is 20.7 Å². The number of carbonyl (C=O) groups is 2. The number of rotatable bonds is 8. The lowest BCUT2D eigenvalue weighted by molar-refractivity contribution is -0.150. The molecule has 2 rings (SSSR count). The van der Waals surface area contributed by atoms with E-state index < -0.39 is 12.1 Å². The number of nitrogens with one attached hydrogen (secondary N) is 1. The summed E-state index contributed by atoms with van der Waals surface area (Å²) in [5.41, 5.74) is 1.97. The van der Waals surface area contributed by atoms with E-state index in [9.17, 15) is 9.59 Å². The Kier molecular flexibility index (Phi) is 7.43. The lowest BCUT2D eigenvalue weighted by Gasteiger charge is -2.12. The van der Waals surface area contributed by atoms with Crippen molar-refractivity contribution in [3.63, 3.8) is 0 Å². The van der Waals surface area contributed by atoms with E-state index in [1.165, 1.54) is 6.08 Å². The highest BCUT2D eigenvalue weighted by Gasteiger charge is 2.15. The maximum absolute atomic E-state index is 12.0. The van der Waals surface area contributed by atoms with E-state index in [1.54, 1.807) is 32.2 Å². The molecule has 136 valence electrons. The van der Waals surface area contributed by atoms with Gasteiger partial charge in [0.1, 0.15) is 5.75 Å². The number of carbonyl (C=O) groups excluding carboxylic acids is 2. The molecular formula is C21H23NO4. The molecule has 5 nitrogen and oxygen atoms in total. The maximum atomic E-state index is 12.0. The van der Waals surface area contributed by atoms with Gasteiger partial charge in [-0.2, -0.15) is 0 Å². The Labute approximate surface area is 153 Å². The van der Waals surface area contributed by atoms with Crippen LogP contribution in [0.1, 0.15) is 18.1 Å². The molecule has 2 aromatic carbocycles. The molecule has 0 radical (unpaired) electrons. The van der Waals surface area contributed by atoms with Crippen molar-refractivity contribution in [2.45, 2.75) is 19.4 Å². The van der Waals surface area contributed by atoms with Crippen LogP contribution in [0.2, 0.25) is 0 Å². The summed E-state index contributed by atoms with van der Waals surface area (Å²) < 4.78 is 10.2. The van der Waals surface area contributed by atoms with Gasteiger partial charge in [0, 0.05) is 12.6 Å². The highest BCUT2D eigenvalue weighted by molar-refractivity contribution is 5.90. The highest BCUT2D eigenvalue weighted by atomic mass is 16.5. The van der Waals surface area contributed by atoms with Crippen LogP contribution in [0.15, 0.2) is 60.7 Å². The van der Waals surface area contributed by atoms with Gasteiger partial charge in [0.05, 0.1) is 7.11 Å². The molecule has 0 fully saturated rings. The molecule has 0 aliphatic heterocycles. The number of amides is 1. The largest absolute Gasteiger partial charge is 0.497 e. The Hall–Kier alpha value is -3.08. The molecular weight excluding hydrogens is 330 g/mol. The summed E-state index contributed by atoms with van der Waals surface area (Å²) in [7, 11) is 1.59. The van der Waals surface area contributed by atoms with E-state index >= 15 is 0 Å². The normalized spacial score (nSPS) is 11.8. The second kappa shape index (κ2) is 10.0. The minimum atomic E-state index is -0.848. The fourth-order valence-electron chi connectivity index (χ4n) is 2.26. The lowest BCUT2D eigenvalue weighted by atomic mass is 10.1. The Morgan fingerprint density at radius 2 is 1.77 bits per heavy atom. The van der Waals surface area contributed by atoms with E-state index in [0.717, 1.165) is 23.3 Å². The number of hydrogen-bond donors (Lipinski definition) is 1. The van der Waals surface area contributed by atoms with Crippen molar-refractivity contribution < 1.29 is 19.1 Å². The standard InChI is InChI=1S/C21H23NO4/c1-16(21(24)22-15-14-17-6-4-3-5-7-17)26-20(23)13-10-18-8-11-19(25-2)12-9-18/h3-13,16H,14-15H2,1-2H3,(H,22,24)/b13-10+. The minimum Gasteiger partial charge on any atom is -0.497 e. The summed E-state index contributed by atoms with van der Waals surface area (Å²) >= 11 is 0. The molecule has 0 bridgehead atoms. The number of esters is 1. The second-order valence-corrected chi connectivity index (χ2v) is 5.71. The van der Waals surface area contributed by atoms with Crippen molar-refractivity contribution in [1.82, 2.24) is 5.32 Å². The fourth-order valence-corrected chi connectivity index (χ4v) is 2.26. The third-order valence-electron chi connectivity index (χ3n) is 3.75. The second-order valence-electron chi connectivity index (χ2n) is 5.71. The minimum absolute atomic E-state index is 0.313. The highest BCUT2D eigenvalue weighted by Crippen LogP contribution is 2.12. The monoisotopic (exact) mass is 353 g/mol. The average Bonchev–Trinajstić information content (AvgIpc) is 2.67. The van der Waals surface area contributed by atoms with E-state index in [4.69, 9.17) is 9.47 Å². The van der Waals surface area contributed by atoms with Crippen LogP contribution in [0.5, 0.6) is 5.75 Å². The van der Waals surface area contributed by atoms with Crippen molar-refractivity contribution >= 4 is 18.0 Å². The van der Waals surface area contributed by atoms with Gasteiger partial charge >= 0.3 is 5.97 Å². The molecule has 1 amide bonds. The van der Waals surface area contributed by atoms with Crippen LogP contribution in [0.3, 0.4) is 0 Å². The molecule has 0 aliphatic rings. The van der Waals surface area contributed by atoms with Crippen molar-refractivity contribution in [2.75, 3.05) is 13.7 Å². The number of hydrogen-bond acceptors (Lipinski definition) is 4. The summed E-state index contributed by atoms with van der Waals surface area (Å²) in [6.07, 6.45) is 2.81. The van der Waals surface area contributed by atoms with Crippen molar-refractivity contribution in [3.8, 4) is 5.75 Å². The molecule has 1 unspecified atom stereocenters. The van der Waals surface area contributed by atoms with Gasteiger partial charge < -0.3 is 14.8 Å². The van der Waals surface area contributed by atoms with Gasteiger partial charge in [0.25, 0.3) is 5.91 Å². The summed E-state index contributed by atoms with van der Waals surface area (Å²) in [6.45, 7) is 2.05. The molecule has 0 saturated heterocycles. The smallest absolute Gasteiger partial charge is 0.331 e. The van der Waals surface area contributed by atoms with E-state index in [1.807, 2.05) is 42.5 Å². The zero-order valence-corrected chi connectivity index (χ0v) is 15.0. The van der Waals surface area contributed by atoms with Crippen molar-refractivity contribution in [3.05, 3.63) is 71.8 Å². The van der Waals surface area contributed by atoms with Crippen LogP contribution in [0, 0.1) is 0 Å². The van der Waals surface area contributed by atoms with Gasteiger partial charge in [0.2, 0.25) is 0 Å². The van der Waals surface area contributed by atoms with Gasteiger partial charge in [-0.05, 0) is 42.7 Å². The SMILES string of the molecule is COc1ccc(/C=C/C(=O)OC(C)C(=O)NCCc2ccccc2)cc1. The number of ether oxygens (including phenoxy) is 2. The molecule has 2 aromatic rings. The predicted octanol–water partition coefficient (Wildman–Crippen LogP) is 3.00. The van der Waals surface area contributed by atoms with Crippen LogP contribution in [-0.4, -0.2) is 31.6 Å². The molecule has 0 aliphatic carbocycles. The molecule has 0 saturated carbocycles. The Morgan fingerprint density at radius 1 is 1.08 bits per heavy atom. The fraction of sp³-hybridized carbons (Fsp3) is 0.238. The topological polar surface area (TPSA) is 64.6 Å². The average molecular weight is 353 g/mol. The molecule has 1 atom stereocenters. The van der Waals surface area contributed by atoms with Gasteiger partial charge in [-0.3, -0.25) is 4.79 Å². The number of methoxy groups -OCH3 is 1. The maximum Gasteiger partial charge on any atom is 0.331 e. The first-order valence-electron chi connectivity index (χ1n) is 8.43. The van der Waals surface area contributed by atoms with E-state index in [2.05, 4.69) is 5.32 Å².